The molecule has 4 rings (SSSR count). The first-order chi connectivity index (χ1) is 10.2. The van der Waals surface area contributed by atoms with Crippen LogP contribution in [0, 0.1) is 0 Å². The second kappa shape index (κ2) is 4.46. The summed E-state index contributed by atoms with van der Waals surface area (Å²) < 4.78 is 12.7. The van der Waals surface area contributed by atoms with Crippen LogP contribution in [0.3, 0.4) is 0 Å². The quantitative estimate of drug-likeness (QED) is 0.522. The van der Waals surface area contributed by atoms with Crippen molar-refractivity contribution in [2.24, 2.45) is 7.05 Å². The minimum atomic E-state index is 0.853. The molecule has 106 valence electrons. The van der Waals surface area contributed by atoms with Crippen LogP contribution in [0.1, 0.15) is 5.56 Å². The Morgan fingerprint density at radius 2 is 2.19 bits per heavy atom. The molecule has 2 aromatic heterocycles. The van der Waals surface area contributed by atoms with Gasteiger partial charge in [0.25, 0.3) is 5.82 Å². The van der Waals surface area contributed by atoms with Gasteiger partial charge in [0.05, 0.1) is 17.1 Å². The van der Waals surface area contributed by atoms with E-state index < -0.39 is 0 Å². The van der Waals surface area contributed by atoms with Crippen molar-refractivity contribution >= 4 is 15.9 Å². The van der Waals surface area contributed by atoms with E-state index in [1.165, 1.54) is 11.1 Å². The molecule has 0 bridgehead atoms. The number of hydrogen-bond donors (Lipinski definition) is 0. The highest BCUT2D eigenvalue weighted by Crippen LogP contribution is 2.36. The fourth-order valence-corrected chi connectivity index (χ4v) is 3.37. The van der Waals surface area contributed by atoms with Crippen molar-refractivity contribution in [1.29, 1.82) is 0 Å². The van der Waals surface area contributed by atoms with Gasteiger partial charge >= 0.3 is 5.95 Å². The van der Waals surface area contributed by atoms with Gasteiger partial charge in [0, 0.05) is 25.0 Å². The zero-order valence-electron chi connectivity index (χ0n) is 11.7. The van der Waals surface area contributed by atoms with Crippen LogP contribution in [-0.2, 0) is 13.6 Å². The van der Waals surface area contributed by atoms with Gasteiger partial charge in [-0.15, -0.1) is 0 Å². The molecular weight excluding hydrogens is 332 g/mol. The number of imidazole rings is 2. The number of benzene rings is 1. The Bertz CT molecular complexity index is 849. The first-order valence-electron chi connectivity index (χ1n) is 6.64. The second-order valence-electron chi connectivity index (χ2n) is 5.10. The summed E-state index contributed by atoms with van der Waals surface area (Å²) in [6.07, 6.45) is 7.90. The average Bonchev–Trinajstić information content (AvgIpc) is 3.13. The second-order valence-corrected chi connectivity index (χ2v) is 5.96. The highest BCUT2D eigenvalue weighted by Gasteiger charge is 2.32. The SMILES string of the molecule is COc1cc2c(cc1Br)-c1n(-c3nccn3C)cc[n+]1C2. The molecule has 1 aromatic carbocycles. The van der Waals surface area contributed by atoms with Crippen molar-refractivity contribution in [3.63, 3.8) is 0 Å². The number of hydrogen-bond acceptors (Lipinski definition) is 2. The molecule has 6 heteroatoms. The first kappa shape index (κ1) is 12.6. The molecule has 1 aliphatic rings. The number of aryl methyl sites for hydroxylation is 1. The smallest absolute Gasteiger partial charge is 0.306 e. The first-order valence-corrected chi connectivity index (χ1v) is 7.43. The number of rotatable bonds is 2. The molecule has 0 unspecified atom stereocenters. The van der Waals surface area contributed by atoms with E-state index in [-0.39, 0.29) is 0 Å². The van der Waals surface area contributed by atoms with Crippen LogP contribution in [0.4, 0.5) is 0 Å². The lowest BCUT2D eigenvalue weighted by Gasteiger charge is -2.05. The maximum atomic E-state index is 5.39. The summed E-state index contributed by atoms with van der Waals surface area (Å²) >= 11 is 3.57. The molecule has 0 saturated carbocycles. The van der Waals surface area contributed by atoms with Crippen LogP contribution in [0.5, 0.6) is 5.75 Å². The zero-order valence-corrected chi connectivity index (χ0v) is 13.3. The third-order valence-electron chi connectivity index (χ3n) is 3.87. The van der Waals surface area contributed by atoms with Gasteiger partial charge in [-0.05, 0) is 28.1 Å². The largest absolute Gasteiger partial charge is 0.496 e. The van der Waals surface area contributed by atoms with Crippen LogP contribution in [0.2, 0.25) is 0 Å². The summed E-state index contributed by atoms with van der Waals surface area (Å²) in [5, 5.41) is 0. The number of ether oxygens (including phenoxy) is 1. The molecule has 3 heterocycles. The Hall–Kier alpha value is -2.08. The number of nitrogens with zero attached hydrogens (tertiary/aromatic N) is 4. The molecule has 0 aliphatic carbocycles. The Morgan fingerprint density at radius 3 is 2.90 bits per heavy atom. The van der Waals surface area contributed by atoms with E-state index in [0.717, 1.165) is 28.5 Å². The Kier molecular flexibility index (Phi) is 2.68. The van der Waals surface area contributed by atoms with Crippen molar-refractivity contribution in [3.8, 4) is 23.1 Å². The Morgan fingerprint density at radius 1 is 1.33 bits per heavy atom. The van der Waals surface area contributed by atoms with E-state index in [4.69, 9.17) is 4.74 Å². The molecule has 0 spiro atoms. The summed E-state index contributed by atoms with van der Waals surface area (Å²) in [4.78, 5) is 4.44. The Labute approximate surface area is 130 Å². The van der Waals surface area contributed by atoms with E-state index in [0.29, 0.717) is 0 Å². The predicted molar refractivity (Wildman–Crippen MR) is 81.5 cm³/mol. The van der Waals surface area contributed by atoms with Gasteiger partial charge < -0.3 is 9.30 Å². The normalized spacial score (nSPS) is 12.3. The lowest BCUT2D eigenvalue weighted by Crippen LogP contribution is -2.30. The molecule has 5 nitrogen and oxygen atoms in total. The number of fused-ring (bicyclic) bond motifs is 3. The van der Waals surface area contributed by atoms with Crippen molar-refractivity contribution in [2.45, 2.75) is 6.54 Å². The molecular formula is C15H14BrN4O+. The van der Waals surface area contributed by atoms with Crippen LogP contribution < -0.4 is 9.30 Å². The summed E-state index contributed by atoms with van der Waals surface area (Å²) in [5.41, 5.74) is 2.46. The average molecular weight is 346 g/mol. The van der Waals surface area contributed by atoms with Gasteiger partial charge in [-0.25, -0.2) is 4.57 Å². The van der Waals surface area contributed by atoms with E-state index in [1.54, 1.807) is 7.11 Å². The van der Waals surface area contributed by atoms with Crippen LogP contribution in [0.25, 0.3) is 17.3 Å². The maximum absolute atomic E-state index is 5.39. The van der Waals surface area contributed by atoms with Crippen molar-refractivity contribution in [3.05, 3.63) is 47.0 Å². The van der Waals surface area contributed by atoms with Gasteiger partial charge in [0.15, 0.2) is 0 Å². The molecule has 3 aromatic rings. The zero-order chi connectivity index (χ0) is 14.6. The van der Waals surface area contributed by atoms with Crippen molar-refractivity contribution in [2.75, 3.05) is 7.11 Å². The fourth-order valence-electron chi connectivity index (χ4n) is 2.86. The van der Waals surface area contributed by atoms with Crippen LogP contribution in [-0.4, -0.2) is 21.2 Å². The molecule has 0 amide bonds. The van der Waals surface area contributed by atoms with Gasteiger partial charge in [-0.2, -0.15) is 9.55 Å². The minimum absolute atomic E-state index is 0.853. The third-order valence-corrected chi connectivity index (χ3v) is 4.49. The number of halogens is 1. The van der Waals surface area contributed by atoms with Crippen LogP contribution >= 0.6 is 15.9 Å². The molecule has 21 heavy (non-hydrogen) atoms. The van der Waals surface area contributed by atoms with E-state index in [2.05, 4.69) is 54.6 Å². The van der Waals surface area contributed by atoms with Crippen molar-refractivity contribution in [1.82, 2.24) is 14.1 Å². The summed E-state index contributed by atoms with van der Waals surface area (Å²) in [6, 6.07) is 4.21. The lowest BCUT2D eigenvalue weighted by molar-refractivity contribution is -0.671. The Balaban J connectivity index is 1.94. The van der Waals surface area contributed by atoms with Gasteiger partial charge in [-0.3, -0.25) is 0 Å². The number of aromatic nitrogens is 4. The van der Waals surface area contributed by atoms with Crippen LogP contribution in [0.15, 0.2) is 41.4 Å². The van der Waals surface area contributed by atoms with E-state index >= 15 is 0 Å². The molecule has 0 atom stereocenters. The van der Waals surface area contributed by atoms with Crippen molar-refractivity contribution < 1.29 is 9.30 Å². The van der Waals surface area contributed by atoms with Gasteiger partial charge in [0.1, 0.15) is 24.7 Å². The molecule has 0 N–H and O–H groups in total. The predicted octanol–water partition coefficient (Wildman–Crippen LogP) is 2.30. The summed E-state index contributed by atoms with van der Waals surface area (Å²) in [7, 11) is 3.69. The molecule has 0 fully saturated rings. The molecule has 0 radical (unpaired) electrons. The third kappa shape index (κ3) is 1.75. The maximum Gasteiger partial charge on any atom is 0.306 e. The van der Waals surface area contributed by atoms with Gasteiger partial charge in [-0.1, -0.05) is 0 Å². The minimum Gasteiger partial charge on any atom is -0.496 e. The van der Waals surface area contributed by atoms with Gasteiger partial charge in [0.2, 0.25) is 0 Å². The summed E-state index contributed by atoms with van der Waals surface area (Å²) in [5.74, 6) is 2.91. The monoisotopic (exact) mass is 345 g/mol. The van der Waals surface area contributed by atoms with E-state index in [1.807, 2.05) is 24.0 Å². The molecule has 0 saturated heterocycles. The number of methoxy groups -OCH3 is 1. The topological polar surface area (TPSA) is 35.9 Å². The molecule has 1 aliphatic heterocycles. The lowest BCUT2D eigenvalue weighted by atomic mass is 10.1. The standard InChI is InChI=1S/C15H14BrN4O/c1-18-4-3-17-15(18)20-6-5-19-9-10-7-13(21-2)12(16)8-11(10)14(19)20/h3-8H,9H2,1-2H3/q+1. The van der Waals surface area contributed by atoms with E-state index in [9.17, 15) is 0 Å². The highest BCUT2D eigenvalue weighted by molar-refractivity contribution is 9.10. The highest BCUT2D eigenvalue weighted by atomic mass is 79.9. The fraction of sp³-hybridized carbons (Fsp3) is 0.200. The summed E-state index contributed by atoms with van der Waals surface area (Å²) in [6.45, 7) is 0.853.